The van der Waals surface area contributed by atoms with E-state index in [0.717, 1.165) is 38.0 Å². The van der Waals surface area contributed by atoms with Gasteiger partial charge in [-0.25, -0.2) is 4.98 Å². The average Bonchev–Trinajstić information content (AvgIpc) is 2.86. The third-order valence-electron chi connectivity index (χ3n) is 6.48. The molecule has 1 fully saturated rings. The lowest BCUT2D eigenvalue weighted by molar-refractivity contribution is -0.134. The summed E-state index contributed by atoms with van der Waals surface area (Å²) in [5, 5.41) is 3.22. The molecule has 0 radical (unpaired) electrons. The molecule has 0 saturated carbocycles. The van der Waals surface area contributed by atoms with E-state index in [1.807, 2.05) is 50.2 Å². The van der Waals surface area contributed by atoms with Crippen LogP contribution in [-0.2, 0) is 4.79 Å². The Morgan fingerprint density at radius 2 is 2.03 bits per heavy atom. The summed E-state index contributed by atoms with van der Waals surface area (Å²) in [6.45, 7) is 6.72. The van der Waals surface area contributed by atoms with Crippen molar-refractivity contribution in [2.75, 3.05) is 38.2 Å². The zero-order chi connectivity index (χ0) is 22.7. The predicted molar refractivity (Wildman–Crippen MR) is 123 cm³/mol. The molecule has 1 N–H and O–H groups in total. The van der Waals surface area contributed by atoms with Crippen LogP contribution in [0, 0.1) is 5.92 Å². The Morgan fingerprint density at radius 1 is 1.25 bits per heavy atom. The first-order valence-electron chi connectivity index (χ1n) is 11.6. The molecular formula is C24H33N5O3. The van der Waals surface area contributed by atoms with Crippen LogP contribution in [0.4, 0.5) is 5.82 Å². The number of piperidine rings is 1. The summed E-state index contributed by atoms with van der Waals surface area (Å²) < 4.78 is 5.87. The van der Waals surface area contributed by atoms with Gasteiger partial charge >= 0.3 is 0 Å². The van der Waals surface area contributed by atoms with E-state index in [0.29, 0.717) is 30.3 Å². The van der Waals surface area contributed by atoms with Gasteiger partial charge < -0.3 is 14.5 Å². The van der Waals surface area contributed by atoms with Gasteiger partial charge in [0.15, 0.2) is 11.6 Å². The molecule has 172 valence electrons. The van der Waals surface area contributed by atoms with Gasteiger partial charge in [0.05, 0.1) is 12.1 Å². The number of likely N-dealkylation sites (N-methyl/N-ethyl adjacent to an activating group) is 1. The second-order valence-electron chi connectivity index (χ2n) is 8.59. The zero-order valence-electron chi connectivity index (χ0n) is 19.2. The van der Waals surface area contributed by atoms with Gasteiger partial charge in [0.2, 0.25) is 5.91 Å². The number of nitrogens with one attached hydrogen (secondary N) is 1. The standard InChI is InChI=1S/C24H33N5O3/c1-4-17(2)23(30)29-11-8-19(15-21(29)25-3)28-12-13-32-20-14-18(16-26-22(20)28)24(31)27-9-6-5-7-10-27/h8,11,14-17,21,25H,4-7,9-10,12-13H2,1-3H3. The fourth-order valence-corrected chi connectivity index (χ4v) is 4.34. The number of anilines is 1. The average molecular weight is 440 g/mol. The van der Waals surface area contributed by atoms with E-state index in [2.05, 4.69) is 15.2 Å². The Kier molecular flexibility index (Phi) is 6.79. The highest BCUT2D eigenvalue weighted by Gasteiger charge is 2.30. The SMILES string of the molecule is CCC(C)C(=O)N1C=CC(N2CCOc3cc(C(=O)N4CCCCC4)cnc32)=CC1NC. The summed E-state index contributed by atoms with van der Waals surface area (Å²) in [5.74, 6) is 1.39. The van der Waals surface area contributed by atoms with Crippen LogP contribution >= 0.6 is 0 Å². The third kappa shape index (κ3) is 4.37. The van der Waals surface area contributed by atoms with Crippen molar-refractivity contribution in [2.24, 2.45) is 5.92 Å². The van der Waals surface area contributed by atoms with E-state index in [4.69, 9.17) is 4.74 Å². The van der Waals surface area contributed by atoms with E-state index in [1.165, 1.54) is 6.42 Å². The van der Waals surface area contributed by atoms with Gasteiger partial charge in [-0.05, 0) is 50.9 Å². The predicted octanol–water partition coefficient (Wildman–Crippen LogP) is 2.74. The Bertz CT molecular complexity index is 922. The van der Waals surface area contributed by atoms with Gasteiger partial charge in [-0.2, -0.15) is 0 Å². The first kappa shape index (κ1) is 22.3. The van der Waals surface area contributed by atoms with Crippen LogP contribution in [0.15, 0.2) is 36.3 Å². The van der Waals surface area contributed by atoms with Gasteiger partial charge in [-0.3, -0.25) is 19.8 Å². The van der Waals surface area contributed by atoms with Gasteiger partial charge in [0.1, 0.15) is 12.8 Å². The molecule has 0 aromatic carbocycles. The fourth-order valence-electron chi connectivity index (χ4n) is 4.34. The molecule has 0 spiro atoms. The highest BCUT2D eigenvalue weighted by molar-refractivity contribution is 5.95. The van der Waals surface area contributed by atoms with Crippen molar-refractivity contribution in [3.05, 3.63) is 41.9 Å². The minimum atomic E-state index is -0.234. The summed E-state index contributed by atoms with van der Waals surface area (Å²) in [7, 11) is 1.85. The Hall–Kier alpha value is -2.87. The van der Waals surface area contributed by atoms with Crippen LogP contribution in [0.3, 0.4) is 0 Å². The largest absolute Gasteiger partial charge is 0.488 e. The molecule has 2 atom stereocenters. The van der Waals surface area contributed by atoms with Crippen LogP contribution in [0.25, 0.3) is 0 Å². The molecule has 2 amide bonds. The summed E-state index contributed by atoms with van der Waals surface area (Å²) in [6, 6.07) is 1.81. The molecule has 1 saturated heterocycles. The smallest absolute Gasteiger partial charge is 0.255 e. The molecule has 2 unspecified atom stereocenters. The second kappa shape index (κ2) is 9.73. The number of amides is 2. The lowest BCUT2D eigenvalue weighted by Gasteiger charge is -2.36. The van der Waals surface area contributed by atoms with Crippen molar-refractivity contribution in [3.8, 4) is 5.75 Å². The van der Waals surface area contributed by atoms with Crippen molar-refractivity contribution in [2.45, 2.75) is 45.7 Å². The van der Waals surface area contributed by atoms with E-state index in [-0.39, 0.29) is 23.9 Å². The maximum absolute atomic E-state index is 12.9. The number of ether oxygens (including phenoxy) is 1. The van der Waals surface area contributed by atoms with E-state index >= 15 is 0 Å². The van der Waals surface area contributed by atoms with Crippen LogP contribution in [0.5, 0.6) is 5.75 Å². The normalized spacial score (nSPS) is 21.5. The molecule has 3 aliphatic heterocycles. The molecule has 4 heterocycles. The number of aromatic nitrogens is 1. The lowest BCUT2D eigenvalue weighted by atomic mass is 10.1. The minimum absolute atomic E-state index is 0.0203. The number of carbonyl (C=O) groups excluding carboxylic acids is 2. The van der Waals surface area contributed by atoms with Crippen molar-refractivity contribution in [3.63, 3.8) is 0 Å². The Balaban J connectivity index is 1.55. The number of carbonyl (C=O) groups is 2. The molecule has 4 rings (SSSR count). The maximum Gasteiger partial charge on any atom is 0.255 e. The number of allylic oxidation sites excluding steroid dienone is 1. The maximum atomic E-state index is 12.9. The van der Waals surface area contributed by atoms with Crippen molar-refractivity contribution in [1.82, 2.24) is 20.1 Å². The third-order valence-corrected chi connectivity index (χ3v) is 6.48. The number of nitrogens with zero attached hydrogens (tertiary/aromatic N) is 4. The Morgan fingerprint density at radius 3 is 2.75 bits per heavy atom. The number of rotatable bonds is 5. The summed E-state index contributed by atoms with van der Waals surface area (Å²) in [6.07, 6.45) is 11.3. The summed E-state index contributed by atoms with van der Waals surface area (Å²) in [5.41, 5.74) is 1.52. The van der Waals surface area contributed by atoms with Gasteiger partial charge in [0, 0.05) is 37.1 Å². The topological polar surface area (TPSA) is 78.0 Å². The first-order valence-corrected chi connectivity index (χ1v) is 11.6. The highest BCUT2D eigenvalue weighted by Crippen LogP contribution is 2.34. The molecule has 1 aromatic rings. The van der Waals surface area contributed by atoms with Gasteiger partial charge in [-0.1, -0.05) is 13.8 Å². The number of hydrogen-bond acceptors (Lipinski definition) is 6. The van der Waals surface area contributed by atoms with Crippen LogP contribution in [-0.4, -0.2) is 66.1 Å². The molecule has 8 nitrogen and oxygen atoms in total. The fraction of sp³-hybridized carbons (Fsp3) is 0.542. The monoisotopic (exact) mass is 439 g/mol. The Labute approximate surface area is 189 Å². The molecule has 0 aliphatic carbocycles. The van der Waals surface area contributed by atoms with E-state index in [1.54, 1.807) is 11.1 Å². The minimum Gasteiger partial charge on any atom is -0.488 e. The van der Waals surface area contributed by atoms with Gasteiger partial charge in [0.25, 0.3) is 5.91 Å². The van der Waals surface area contributed by atoms with E-state index in [9.17, 15) is 9.59 Å². The van der Waals surface area contributed by atoms with Crippen molar-refractivity contribution in [1.29, 1.82) is 0 Å². The molecule has 0 bridgehead atoms. The van der Waals surface area contributed by atoms with Crippen LogP contribution < -0.4 is 15.0 Å². The lowest BCUT2D eigenvalue weighted by Crippen LogP contribution is -2.47. The summed E-state index contributed by atoms with van der Waals surface area (Å²) in [4.78, 5) is 36.0. The van der Waals surface area contributed by atoms with Crippen molar-refractivity contribution < 1.29 is 14.3 Å². The molecule has 8 heteroatoms. The second-order valence-corrected chi connectivity index (χ2v) is 8.59. The number of likely N-dealkylation sites (tertiary alicyclic amines) is 1. The zero-order valence-corrected chi connectivity index (χ0v) is 19.2. The molecular weight excluding hydrogens is 406 g/mol. The van der Waals surface area contributed by atoms with E-state index < -0.39 is 0 Å². The molecule has 3 aliphatic rings. The van der Waals surface area contributed by atoms with Crippen molar-refractivity contribution >= 4 is 17.6 Å². The quantitative estimate of drug-likeness (QED) is 0.760. The highest BCUT2D eigenvalue weighted by atomic mass is 16.5. The molecule has 1 aromatic heterocycles. The van der Waals surface area contributed by atoms with Crippen LogP contribution in [0.2, 0.25) is 0 Å². The number of hydrogen-bond donors (Lipinski definition) is 1. The van der Waals surface area contributed by atoms with Crippen LogP contribution in [0.1, 0.15) is 49.9 Å². The van der Waals surface area contributed by atoms with Gasteiger partial charge in [-0.15, -0.1) is 0 Å². The number of pyridine rings is 1. The number of fused-ring (bicyclic) bond motifs is 1. The summed E-state index contributed by atoms with van der Waals surface area (Å²) >= 11 is 0. The molecule has 32 heavy (non-hydrogen) atoms. The first-order chi connectivity index (χ1) is 15.5.